The Kier molecular flexibility index (Phi) is 5.05. The third-order valence-electron chi connectivity index (χ3n) is 3.39. The van der Waals surface area contributed by atoms with E-state index in [1.165, 1.54) is 19.2 Å². The maximum atomic E-state index is 12.6. The zero-order chi connectivity index (χ0) is 17.0. The van der Waals surface area contributed by atoms with Gasteiger partial charge in [0.25, 0.3) is 5.91 Å². The highest BCUT2D eigenvalue weighted by Crippen LogP contribution is 2.31. The molecule has 2 aromatic rings. The van der Waals surface area contributed by atoms with Crippen LogP contribution in [0.3, 0.4) is 0 Å². The van der Waals surface area contributed by atoms with Crippen molar-refractivity contribution >= 4 is 5.91 Å². The first kappa shape index (κ1) is 17.0. The number of aryl methyl sites for hydroxylation is 1. The molecule has 0 radical (unpaired) electrons. The molecule has 0 aromatic heterocycles. The molecule has 1 amide bonds. The first-order valence-electron chi connectivity index (χ1n) is 6.88. The summed E-state index contributed by atoms with van der Waals surface area (Å²) in [5, 5.41) is 2.57. The molecule has 23 heavy (non-hydrogen) atoms. The van der Waals surface area contributed by atoms with Crippen molar-refractivity contribution < 1.29 is 22.7 Å². The Hall–Kier alpha value is -2.34. The number of carbonyl (C=O) groups is 1. The molecule has 3 nitrogen and oxygen atoms in total. The van der Waals surface area contributed by atoms with E-state index in [9.17, 15) is 18.0 Å². The van der Waals surface area contributed by atoms with Crippen molar-refractivity contribution in [3.05, 3.63) is 59.2 Å². The molecule has 0 saturated heterocycles. The SMILES string of the molecule is COCNC(=O)c1ccc(-c2ccc(C(F)(F)F)cc2)c(C)c1. The lowest BCUT2D eigenvalue weighted by molar-refractivity contribution is -0.137. The monoisotopic (exact) mass is 323 g/mol. The van der Waals surface area contributed by atoms with Crippen LogP contribution in [0.5, 0.6) is 0 Å². The highest BCUT2D eigenvalue weighted by molar-refractivity contribution is 5.95. The molecule has 0 aliphatic carbocycles. The molecule has 0 bridgehead atoms. The molecular weight excluding hydrogens is 307 g/mol. The van der Waals surface area contributed by atoms with E-state index in [1.807, 2.05) is 0 Å². The molecule has 1 N–H and O–H groups in total. The van der Waals surface area contributed by atoms with Crippen molar-refractivity contribution in [2.45, 2.75) is 13.1 Å². The number of hydrogen-bond acceptors (Lipinski definition) is 2. The lowest BCUT2D eigenvalue weighted by Crippen LogP contribution is -2.25. The van der Waals surface area contributed by atoms with Crippen molar-refractivity contribution in [2.24, 2.45) is 0 Å². The van der Waals surface area contributed by atoms with Crippen LogP contribution >= 0.6 is 0 Å². The minimum Gasteiger partial charge on any atom is -0.364 e. The number of rotatable bonds is 4. The number of benzene rings is 2. The van der Waals surface area contributed by atoms with Crippen molar-refractivity contribution in [3.63, 3.8) is 0 Å². The smallest absolute Gasteiger partial charge is 0.364 e. The summed E-state index contributed by atoms with van der Waals surface area (Å²) in [5.74, 6) is -0.270. The van der Waals surface area contributed by atoms with Gasteiger partial charge in [-0.2, -0.15) is 13.2 Å². The second-order valence-corrected chi connectivity index (χ2v) is 5.04. The highest BCUT2D eigenvalue weighted by atomic mass is 19.4. The highest BCUT2D eigenvalue weighted by Gasteiger charge is 2.30. The second kappa shape index (κ2) is 6.83. The quantitative estimate of drug-likeness (QED) is 0.863. The van der Waals surface area contributed by atoms with Gasteiger partial charge in [-0.1, -0.05) is 18.2 Å². The Bertz CT molecular complexity index is 694. The van der Waals surface area contributed by atoms with Gasteiger partial charge in [-0.15, -0.1) is 0 Å². The zero-order valence-electron chi connectivity index (χ0n) is 12.7. The molecule has 0 saturated carbocycles. The van der Waals surface area contributed by atoms with Crippen molar-refractivity contribution in [1.29, 1.82) is 0 Å². The first-order chi connectivity index (χ1) is 10.8. The van der Waals surface area contributed by atoms with Gasteiger partial charge >= 0.3 is 6.18 Å². The fraction of sp³-hybridized carbons (Fsp3) is 0.235. The summed E-state index contributed by atoms with van der Waals surface area (Å²) in [4.78, 5) is 11.8. The lowest BCUT2D eigenvalue weighted by atomic mass is 9.97. The molecule has 6 heteroatoms. The summed E-state index contributed by atoms with van der Waals surface area (Å²) >= 11 is 0. The molecule has 0 unspecified atom stereocenters. The summed E-state index contributed by atoms with van der Waals surface area (Å²) < 4.78 is 42.5. The molecule has 0 heterocycles. The summed E-state index contributed by atoms with van der Waals surface area (Å²) in [6, 6.07) is 10.00. The lowest BCUT2D eigenvalue weighted by Gasteiger charge is -2.11. The van der Waals surface area contributed by atoms with E-state index in [1.54, 1.807) is 25.1 Å². The van der Waals surface area contributed by atoms with Gasteiger partial charge in [0.05, 0.1) is 5.56 Å². The minimum absolute atomic E-state index is 0.110. The average molecular weight is 323 g/mol. The Morgan fingerprint density at radius 3 is 2.30 bits per heavy atom. The number of methoxy groups -OCH3 is 1. The van der Waals surface area contributed by atoms with Gasteiger partial charge in [0, 0.05) is 12.7 Å². The number of hydrogen-bond donors (Lipinski definition) is 1. The van der Waals surface area contributed by atoms with Crippen LogP contribution in [0.1, 0.15) is 21.5 Å². The van der Waals surface area contributed by atoms with Crippen molar-refractivity contribution in [3.8, 4) is 11.1 Å². The molecule has 0 fully saturated rings. The van der Waals surface area contributed by atoms with E-state index in [0.29, 0.717) is 11.1 Å². The predicted octanol–water partition coefficient (Wildman–Crippen LogP) is 4.01. The van der Waals surface area contributed by atoms with Crippen LogP contribution in [0.25, 0.3) is 11.1 Å². The van der Waals surface area contributed by atoms with E-state index in [0.717, 1.165) is 23.3 Å². The average Bonchev–Trinajstić information content (AvgIpc) is 2.51. The normalized spacial score (nSPS) is 11.3. The fourth-order valence-corrected chi connectivity index (χ4v) is 2.21. The van der Waals surface area contributed by atoms with E-state index in [4.69, 9.17) is 4.74 Å². The predicted molar refractivity (Wildman–Crippen MR) is 81.0 cm³/mol. The Labute approximate surface area is 132 Å². The maximum absolute atomic E-state index is 12.6. The van der Waals surface area contributed by atoms with Crippen LogP contribution in [0.15, 0.2) is 42.5 Å². The Balaban J connectivity index is 2.26. The third-order valence-corrected chi connectivity index (χ3v) is 3.39. The number of ether oxygens (including phenoxy) is 1. The van der Waals surface area contributed by atoms with Crippen LogP contribution in [-0.2, 0) is 10.9 Å². The number of nitrogens with one attached hydrogen (secondary N) is 1. The van der Waals surface area contributed by atoms with E-state index >= 15 is 0 Å². The summed E-state index contributed by atoms with van der Waals surface area (Å²) in [7, 11) is 1.47. The molecule has 2 rings (SSSR count). The molecule has 0 aliphatic heterocycles. The van der Waals surface area contributed by atoms with Gasteiger partial charge in [-0.25, -0.2) is 0 Å². The number of alkyl halides is 3. The summed E-state index contributed by atoms with van der Waals surface area (Å²) in [6.07, 6.45) is -4.35. The van der Waals surface area contributed by atoms with Crippen LogP contribution < -0.4 is 5.32 Å². The Morgan fingerprint density at radius 1 is 1.13 bits per heavy atom. The molecule has 122 valence electrons. The van der Waals surface area contributed by atoms with Gasteiger partial charge < -0.3 is 10.1 Å². The van der Waals surface area contributed by atoms with Crippen molar-refractivity contribution in [1.82, 2.24) is 5.32 Å². The molecule has 0 aliphatic rings. The molecular formula is C17H16F3NO2. The largest absolute Gasteiger partial charge is 0.416 e. The zero-order valence-corrected chi connectivity index (χ0v) is 12.7. The summed E-state index contributed by atoms with van der Waals surface area (Å²) in [5.41, 5.74) is 2.03. The second-order valence-electron chi connectivity index (χ2n) is 5.04. The standard InChI is InChI=1S/C17H16F3NO2/c1-11-9-13(16(22)21-10-23-2)5-8-15(11)12-3-6-14(7-4-12)17(18,19)20/h3-9H,10H2,1-2H3,(H,21,22). The van der Waals surface area contributed by atoms with Gasteiger partial charge in [0.2, 0.25) is 0 Å². The topological polar surface area (TPSA) is 38.3 Å². The number of amides is 1. The third kappa shape index (κ3) is 4.10. The molecule has 2 aromatic carbocycles. The van der Waals surface area contributed by atoms with Crippen LogP contribution in [0.4, 0.5) is 13.2 Å². The molecule has 0 spiro atoms. The first-order valence-corrected chi connectivity index (χ1v) is 6.88. The number of halogens is 3. The Morgan fingerprint density at radius 2 is 1.78 bits per heavy atom. The van der Waals surface area contributed by atoms with Gasteiger partial charge in [0.15, 0.2) is 0 Å². The van der Waals surface area contributed by atoms with Crippen molar-refractivity contribution in [2.75, 3.05) is 13.8 Å². The van der Waals surface area contributed by atoms with Gasteiger partial charge in [-0.3, -0.25) is 4.79 Å². The van der Waals surface area contributed by atoms with E-state index in [2.05, 4.69) is 5.32 Å². The number of carbonyl (C=O) groups excluding carboxylic acids is 1. The molecule has 0 atom stereocenters. The van der Waals surface area contributed by atoms with Crippen LogP contribution in [0.2, 0.25) is 0 Å². The van der Waals surface area contributed by atoms with Gasteiger partial charge in [0.1, 0.15) is 6.73 Å². The minimum atomic E-state index is -4.35. The van der Waals surface area contributed by atoms with E-state index < -0.39 is 11.7 Å². The van der Waals surface area contributed by atoms with Crippen LogP contribution in [-0.4, -0.2) is 19.7 Å². The summed E-state index contributed by atoms with van der Waals surface area (Å²) in [6.45, 7) is 1.92. The maximum Gasteiger partial charge on any atom is 0.416 e. The van der Waals surface area contributed by atoms with E-state index in [-0.39, 0.29) is 12.6 Å². The van der Waals surface area contributed by atoms with Gasteiger partial charge in [-0.05, 0) is 47.9 Å². The fourth-order valence-electron chi connectivity index (χ4n) is 2.21. The van der Waals surface area contributed by atoms with Crippen LogP contribution in [0, 0.1) is 6.92 Å².